The number of methoxy groups -OCH3 is 1. The molecule has 4 aromatic rings. The topological polar surface area (TPSA) is 92.0 Å². The molecule has 0 spiro atoms. The van der Waals surface area contributed by atoms with E-state index >= 15 is 0 Å². The Labute approximate surface area is 214 Å². The summed E-state index contributed by atoms with van der Waals surface area (Å²) < 4.78 is 36.1. The Kier molecular flexibility index (Phi) is 7.62. The third-order valence-electron chi connectivity index (χ3n) is 6.13. The van der Waals surface area contributed by atoms with Gasteiger partial charge in [0.2, 0.25) is 0 Å². The molecule has 0 bridgehead atoms. The van der Waals surface area contributed by atoms with Gasteiger partial charge in [0, 0.05) is 42.7 Å². The van der Waals surface area contributed by atoms with Crippen molar-refractivity contribution < 1.29 is 23.3 Å². The standard InChI is InChI=1S/C28H29FN4O4/c1-34-25-18-24-23(17-26(25)36-13-3-10-33-11-14-35-15-12-33)27(30)32-28(31-24)19-6-8-21(9-7-19)37-22-5-2-4-20(29)16-22/h2,4-9,16-18H,3,10-15H2,1H3,(H2,30,31,32). The van der Waals surface area contributed by atoms with Crippen molar-refractivity contribution in [1.82, 2.24) is 14.9 Å². The molecular weight excluding hydrogens is 475 g/mol. The molecule has 1 fully saturated rings. The molecule has 192 valence electrons. The molecule has 0 saturated carbocycles. The molecule has 1 aliphatic heterocycles. The number of fused-ring (bicyclic) bond motifs is 1. The third-order valence-corrected chi connectivity index (χ3v) is 6.13. The molecule has 3 aromatic carbocycles. The fourth-order valence-corrected chi connectivity index (χ4v) is 4.20. The first kappa shape index (κ1) is 24.7. The Morgan fingerprint density at radius 1 is 0.973 bits per heavy atom. The molecule has 37 heavy (non-hydrogen) atoms. The number of hydrogen-bond donors (Lipinski definition) is 1. The van der Waals surface area contributed by atoms with Crippen LogP contribution in [-0.4, -0.2) is 61.4 Å². The van der Waals surface area contributed by atoms with Gasteiger partial charge in [-0.2, -0.15) is 0 Å². The lowest BCUT2D eigenvalue weighted by Gasteiger charge is -2.26. The van der Waals surface area contributed by atoms with Crippen LogP contribution in [0, 0.1) is 5.82 Å². The lowest BCUT2D eigenvalue weighted by Crippen LogP contribution is -2.37. The highest BCUT2D eigenvalue weighted by molar-refractivity contribution is 5.92. The molecule has 1 aromatic heterocycles. The number of nitrogens with two attached hydrogens (primary N) is 1. The zero-order valence-electron chi connectivity index (χ0n) is 20.7. The summed E-state index contributed by atoms with van der Waals surface area (Å²) in [5.74, 6) is 2.65. The Morgan fingerprint density at radius 3 is 2.54 bits per heavy atom. The van der Waals surface area contributed by atoms with Gasteiger partial charge < -0.3 is 24.7 Å². The fourth-order valence-electron chi connectivity index (χ4n) is 4.20. The number of nitrogen functional groups attached to an aromatic ring is 1. The molecule has 9 heteroatoms. The first-order valence-corrected chi connectivity index (χ1v) is 12.2. The number of morpholine rings is 1. The summed E-state index contributed by atoms with van der Waals surface area (Å²) in [4.78, 5) is 11.6. The summed E-state index contributed by atoms with van der Waals surface area (Å²) in [6.07, 6.45) is 0.894. The van der Waals surface area contributed by atoms with E-state index in [0.29, 0.717) is 52.2 Å². The van der Waals surface area contributed by atoms with E-state index in [2.05, 4.69) is 9.88 Å². The van der Waals surface area contributed by atoms with Crippen molar-refractivity contribution in [3.8, 4) is 34.4 Å². The molecule has 1 aliphatic rings. The second kappa shape index (κ2) is 11.4. The van der Waals surface area contributed by atoms with Gasteiger partial charge in [-0.1, -0.05) is 6.07 Å². The van der Waals surface area contributed by atoms with Gasteiger partial charge in [-0.15, -0.1) is 0 Å². The van der Waals surface area contributed by atoms with E-state index in [9.17, 15) is 4.39 Å². The summed E-state index contributed by atoms with van der Waals surface area (Å²) in [7, 11) is 1.60. The maximum absolute atomic E-state index is 13.4. The SMILES string of the molecule is COc1cc2nc(-c3ccc(Oc4cccc(F)c4)cc3)nc(N)c2cc1OCCCN1CCOCC1. The summed E-state index contributed by atoms with van der Waals surface area (Å²) in [6.45, 7) is 5.00. The van der Waals surface area contributed by atoms with Gasteiger partial charge in [0.1, 0.15) is 23.1 Å². The van der Waals surface area contributed by atoms with Crippen LogP contribution in [0.5, 0.6) is 23.0 Å². The number of hydrogen-bond acceptors (Lipinski definition) is 8. The minimum absolute atomic E-state index is 0.348. The van der Waals surface area contributed by atoms with E-state index < -0.39 is 0 Å². The summed E-state index contributed by atoms with van der Waals surface area (Å²) >= 11 is 0. The van der Waals surface area contributed by atoms with Crippen LogP contribution in [-0.2, 0) is 4.74 Å². The van der Waals surface area contributed by atoms with Crippen LogP contribution in [0.3, 0.4) is 0 Å². The lowest BCUT2D eigenvalue weighted by molar-refractivity contribution is 0.0357. The molecule has 0 radical (unpaired) electrons. The second-order valence-electron chi connectivity index (χ2n) is 8.69. The Bertz CT molecular complexity index is 1360. The van der Waals surface area contributed by atoms with Gasteiger partial charge in [-0.05, 0) is 48.9 Å². The number of halogens is 1. The Balaban J connectivity index is 1.30. The van der Waals surface area contributed by atoms with Gasteiger partial charge >= 0.3 is 0 Å². The van der Waals surface area contributed by atoms with Crippen LogP contribution in [0.25, 0.3) is 22.3 Å². The van der Waals surface area contributed by atoms with E-state index in [-0.39, 0.29) is 5.82 Å². The van der Waals surface area contributed by atoms with Crippen LogP contribution in [0.2, 0.25) is 0 Å². The molecule has 0 unspecified atom stereocenters. The highest BCUT2D eigenvalue weighted by Crippen LogP contribution is 2.35. The average Bonchev–Trinajstić information content (AvgIpc) is 2.92. The van der Waals surface area contributed by atoms with Crippen molar-refractivity contribution >= 4 is 16.7 Å². The average molecular weight is 505 g/mol. The Hall–Kier alpha value is -3.95. The number of rotatable bonds is 9. The zero-order valence-corrected chi connectivity index (χ0v) is 20.7. The smallest absolute Gasteiger partial charge is 0.162 e. The van der Waals surface area contributed by atoms with E-state index in [4.69, 9.17) is 29.7 Å². The van der Waals surface area contributed by atoms with Gasteiger partial charge in [-0.3, -0.25) is 4.90 Å². The molecule has 0 amide bonds. The van der Waals surface area contributed by atoms with Crippen LogP contribution in [0.4, 0.5) is 10.2 Å². The first-order valence-electron chi connectivity index (χ1n) is 12.2. The van der Waals surface area contributed by atoms with Crippen LogP contribution >= 0.6 is 0 Å². The lowest BCUT2D eigenvalue weighted by atomic mass is 10.1. The Morgan fingerprint density at radius 2 is 1.78 bits per heavy atom. The largest absolute Gasteiger partial charge is 0.493 e. The number of aromatic nitrogens is 2. The monoisotopic (exact) mass is 504 g/mol. The summed E-state index contributed by atoms with van der Waals surface area (Å²) in [5.41, 5.74) is 7.75. The number of nitrogens with zero attached hydrogens (tertiary/aromatic N) is 3. The third kappa shape index (κ3) is 6.07. The van der Waals surface area contributed by atoms with Crippen molar-refractivity contribution in [1.29, 1.82) is 0 Å². The molecule has 1 saturated heterocycles. The predicted octanol–water partition coefficient (Wildman–Crippen LogP) is 4.92. The van der Waals surface area contributed by atoms with E-state index in [1.165, 1.54) is 12.1 Å². The predicted molar refractivity (Wildman–Crippen MR) is 140 cm³/mol. The first-order chi connectivity index (χ1) is 18.1. The summed E-state index contributed by atoms with van der Waals surface area (Å²) in [6, 6.07) is 16.9. The van der Waals surface area contributed by atoms with Gasteiger partial charge in [-0.25, -0.2) is 14.4 Å². The fraction of sp³-hybridized carbons (Fsp3) is 0.286. The highest BCUT2D eigenvalue weighted by Gasteiger charge is 2.14. The van der Waals surface area contributed by atoms with E-state index in [1.54, 1.807) is 31.4 Å². The van der Waals surface area contributed by atoms with Crippen LogP contribution in [0.15, 0.2) is 60.7 Å². The highest BCUT2D eigenvalue weighted by atomic mass is 19.1. The molecular formula is C28H29FN4O4. The molecule has 0 aliphatic carbocycles. The normalized spacial score (nSPS) is 14.0. The number of benzene rings is 3. The van der Waals surface area contributed by atoms with E-state index in [1.807, 2.05) is 24.3 Å². The maximum atomic E-state index is 13.4. The quantitative estimate of drug-likeness (QED) is 0.321. The summed E-state index contributed by atoms with van der Waals surface area (Å²) in [5, 5.41) is 0.693. The van der Waals surface area contributed by atoms with Crippen molar-refractivity contribution in [3.05, 3.63) is 66.5 Å². The molecule has 2 heterocycles. The maximum Gasteiger partial charge on any atom is 0.162 e. The molecule has 5 rings (SSSR count). The van der Waals surface area contributed by atoms with Crippen molar-refractivity contribution in [2.24, 2.45) is 0 Å². The molecule has 2 N–H and O–H groups in total. The zero-order chi connectivity index (χ0) is 25.6. The second-order valence-corrected chi connectivity index (χ2v) is 8.69. The van der Waals surface area contributed by atoms with Crippen molar-refractivity contribution in [2.75, 3.05) is 52.3 Å². The van der Waals surface area contributed by atoms with Gasteiger partial charge in [0.15, 0.2) is 17.3 Å². The van der Waals surface area contributed by atoms with Crippen LogP contribution in [0.1, 0.15) is 6.42 Å². The van der Waals surface area contributed by atoms with Crippen LogP contribution < -0.4 is 19.9 Å². The minimum Gasteiger partial charge on any atom is -0.493 e. The van der Waals surface area contributed by atoms with E-state index in [0.717, 1.165) is 44.8 Å². The van der Waals surface area contributed by atoms with Gasteiger partial charge in [0.05, 0.1) is 32.4 Å². The van der Waals surface area contributed by atoms with Gasteiger partial charge in [0.25, 0.3) is 0 Å². The van der Waals surface area contributed by atoms with Crippen molar-refractivity contribution in [3.63, 3.8) is 0 Å². The molecule has 8 nitrogen and oxygen atoms in total. The number of anilines is 1. The minimum atomic E-state index is -0.355. The number of ether oxygens (including phenoxy) is 4. The van der Waals surface area contributed by atoms with Crippen molar-refractivity contribution in [2.45, 2.75) is 6.42 Å². The molecule has 0 atom stereocenters.